The van der Waals surface area contributed by atoms with E-state index < -0.39 is 69.7 Å². The third kappa shape index (κ3) is 49.4. The quantitative estimate of drug-likeness (QED) is 0.0304. The van der Waals surface area contributed by atoms with Crippen LogP contribution >= 0.6 is 0 Å². The predicted octanol–water partition coefficient (Wildman–Crippen LogP) is 6.89. The molecular weight excluding hydrogens is 861 g/mol. The van der Waals surface area contributed by atoms with Crippen LogP contribution in [0.15, 0.2) is 12.7 Å². The maximum Gasteiger partial charge on any atom is 0.320 e. The van der Waals surface area contributed by atoms with Crippen molar-refractivity contribution < 1.29 is 65.0 Å². The van der Waals surface area contributed by atoms with Crippen molar-refractivity contribution in [2.75, 3.05) is 59.5 Å². The molecule has 0 saturated carbocycles. The van der Waals surface area contributed by atoms with E-state index in [0.29, 0.717) is 59.5 Å². The predicted molar refractivity (Wildman–Crippen MR) is 256 cm³/mol. The van der Waals surface area contributed by atoms with Crippen LogP contribution in [-0.4, -0.2) is 168 Å². The van der Waals surface area contributed by atoms with E-state index in [-0.39, 0.29) is 18.3 Å². The van der Waals surface area contributed by atoms with E-state index in [9.17, 15) is 15.0 Å². The maximum atomic E-state index is 9.55. The third-order valence-electron chi connectivity index (χ3n) is 7.35. The van der Waals surface area contributed by atoms with Crippen molar-refractivity contribution in [2.45, 2.75) is 182 Å². The first-order valence-electron chi connectivity index (χ1n) is 21.6. The lowest BCUT2D eigenvalue weighted by atomic mass is 10.4. The van der Waals surface area contributed by atoms with Crippen LogP contribution in [0.3, 0.4) is 0 Å². The highest BCUT2D eigenvalue weighted by Crippen LogP contribution is 2.26. The molecule has 0 rings (SSSR count). The van der Waals surface area contributed by atoms with E-state index in [1.54, 1.807) is 39.9 Å². The van der Waals surface area contributed by atoms with Crippen molar-refractivity contribution in [2.24, 2.45) is 0 Å². The molecule has 0 aromatic heterocycles. The molecule has 4 N–H and O–H groups in total. The molecule has 0 aliphatic heterocycles. The molecule has 0 fully saturated rings. The second kappa shape index (κ2) is 33.9. The second-order valence-electron chi connectivity index (χ2n) is 18.4. The minimum Gasteiger partial charge on any atom is -0.440 e. The molecule has 0 aromatic rings. The molecule has 0 bridgehead atoms. The smallest absolute Gasteiger partial charge is 0.320 e. The van der Waals surface area contributed by atoms with Crippen molar-refractivity contribution in [3.8, 4) is 0 Å². The fraction of sp³-hybridized carbons (Fsp3) is 0.949. The average Bonchev–Trinajstić information content (AvgIpc) is 3.02. The normalized spacial score (nSPS) is 16.0. The number of rotatable bonds is 33. The van der Waals surface area contributed by atoms with Gasteiger partial charge in [-0.2, -0.15) is 0 Å². The minimum absolute atomic E-state index is 0.0183. The van der Waals surface area contributed by atoms with Gasteiger partial charge >= 0.3 is 25.7 Å². The lowest BCUT2D eigenvalue weighted by Crippen LogP contribution is -2.52. The van der Waals surface area contributed by atoms with Crippen molar-refractivity contribution in [3.05, 3.63) is 12.7 Å². The zero-order valence-electron chi connectivity index (χ0n) is 40.9. The van der Waals surface area contributed by atoms with Crippen LogP contribution < -0.4 is 0 Å². The molecule has 20 heteroatoms. The topological polar surface area (TPSA) is 173 Å². The van der Waals surface area contributed by atoms with Crippen LogP contribution in [0, 0.1) is 0 Å². The van der Waals surface area contributed by atoms with Crippen LogP contribution in [0.1, 0.15) is 54.4 Å². The van der Waals surface area contributed by atoms with Gasteiger partial charge in [-0.05, 0) is 145 Å². The summed E-state index contributed by atoms with van der Waals surface area (Å²) in [7, 11) is -11.4. The average molecular weight is 956 g/mol. The van der Waals surface area contributed by atoms with E-state index >= 15 is 0 Å². The van der Waals surface area contributed by atoms with Crippen LogP contribution in [0.5, 0.6) is 0 Å². The molecule has 59 heavy (non-hydrogen) atoms. The lowest BCUT2D eigenvalue weighted by Gasteiger charge is -2.38. The van der Waals surface area contributed by atoms with Gasteiger partial charge in [-0.25, -0.2) is 0 Å². The van der Waals surface area contributed by atoms with E-state index in [2.05, 4.69) is 59.0 Å². The summed E-state index contributed by atoms with van der Waals surface area (Å²) < 4.78 is 57.6. The van der Waals surface area contributed by atoms with Gasteiger partial charge in [0.1, 0.15) is 0 Å². The molecule has 0 saturated heterocycles. The zero-order valence-corrected chi connectivity index (χ0v) is 47.0. The SMILES string of the molecule is C=CCOCC(C)OCC(C)O.CC(O)COC(C)COCCC[Si](C)(C)O[Si](C)(C)O[Si](C)(C)CCCOCC(C)OCC(C)O.C[SiH](C)O[Si](C)(C)O[Si](C)(C)O. The summed E-state index contributed by atoms with van der Waals surface area (Å²) >= 11 is 0. The minimum atomic E-state index is -2.40. The van der Waals surface area contributed by atoms with Crippen LogP contribution in [0.25, 0.3) is 0 Å². The Hall–Kier alpha value is 0.481. The summed E-state index contributed by atoms with van der Waals surface area (Å²) in [4.78, 5) is 9.55. The Bertz CT molecular complexity index is 958. The first-order valence-corrected chi connectivity index (χ1v) is 39.1. The second-order valence-corrected chi connectivity index (χ2v) is 40.4. The summed E-state index contributed by atoms with van der Waals surface area (Å²) in [5.74, 6) is 0. The number of hydrogen-bond donors (Lipinski definition) is 4. The summed E-state index contributed by atoms with van der Waals surface area (Å²) in [5, 5.41) is 27.5. The fourth-order valence-electron chi connectivity index (χ4n) is 5.72. The molecule has 0 aliphatic carbocycles. The van der Waals surface area contributed by atoms with Gasteiger partial charge in [0, 0.05) is 13.2 Å². The number of hydrogen-bond acceptors (Lipinski definition) is 14. The van der Waals surface area contributed by atoms with Gasteiger partial charge in [0.05, 0.1) is 82.9 Å². The van der Waals surface area contributed by atoms with E-state index in [1.165, 1.54) is 0 Å². The molecule has 14 nitrogen and oxygen atoms in total. The van der Waals surface area contributed by atoms with E-state index in [4.69, 9.17) is 50.0 Å². The van der Waals surface area contributed by atoms with Crippen molar-refractivity contribution in [3.63, 3.8) is 0 Å². The van der Waals surface area contributed by atoms with Gasteiger partial charge in [0.15, 0.2) is 25.7 Å². The summed E-state index contributed by atoms with van der Waals surface area (Å²) in [5.41, 5.74) is 0. The molecule has 0 radical (unpaired) electrons. The maximum absolute atomic E-state index is 9.55. The third-order valence-corrected chi connectivity index (χ3v) is 26.9. The van der Waals surface area contributed by atoms with Gasteiger partial charge in [-0.1, -0.05) is 6.08 Å². The molecular formula is C39H94O14Si6. The Morgan fingerprint density at radius 1 is 0.525 bits per heavy atom. The Morgan fingerprint density at radius 3 is 1.15 bits per heavy atom. The molecule has 0 amide bonds. The van der Waals surface area contributed by atoms with E-state index in [1.807, 2.05) is 33.9 Å². The van der Waals surface area contributed by atoms with Crippen molar-refractivity contribution in [1.82, 2.24) is 0 Å². The fourth-order valence-corrected chi connectivity index (χ4v) is 29.7. The van der Waals surface area contributed by atoms with Crippen molar-refractivity contribution in [1.29, 1.82) is 0 Å². The molecule has 6 unspecified atom stereocenters. The largest absolute Gasteiger partial charge is 0.440 e. The summed E-state index contributed by atoms with van der Waals surface area (Å²) in [6.45, 7) is 44.2. The van der Waals surface area contributed by atoms with Crippen LogP contribution in [0.2, 0.25) is 90.7 Å². The number of aliphatic hydroxyl groups excluding tert-OH is 3. The van der Waals surface area contributed by atoms with Crippen molar-refractivity contribution >= 4 is 51.4 Å². The Balaban J connectivity index is -0.00000106. The van der Waals surface area contributed by atoms with E-state index in [0.717, 1.165) is 24.9 Å². The molecule has 358 valence electrons. The monoisotopic (exact) mass is 955 g/mol. The number of ether oxygens (including phenoxy) is 6. The highest BCUT2D eigenvalue weighted by Gasteiger charge is 2.39. The van der Waals surface area contributed by atoms with Gasteiger partial charge in [-0.15, -0.1) is 6.58 Å². The lowest BCUT2D eigenvalue weighted by molar-refractivity contribution is -0.0363. The Labute approximate surface area is 368 Å². The molecule has 0 spiro atoms. The molecule has 6 atom stereocenters. The van der Waals surface area contributed by atoms with Crippen LogP contribution in [0.4, 0.5) is 0 Å². The Kier molecular flexibility index (Phi) is 36.7. The highest BCUT2D eigenvalue weighted by atomic mass is 28.5. The first-order chi connectivity index (χ1) is 26.8. The standard InChI is InChI=1S/C24H56O8Si3.C9H18O3.C6H20O3Si3/c1-21(25)17-29-23(3)19-27-13-11-15-33(5,6)31-35(9,10)32-34(7,8)16-12-14-28-20-24(4)30-18-22(2)26;1-4-5-11-7-9(3)12-6-8(2)10;1-10(2)8-12(5,6)9-11(3,4)7/h21-26H,11-20H2,1-10H3;4,8-10H,1,5-7H2,2-3H3;7,10H,1-6H3. The Morgan fingerprint density at radius 2 is 0.864 bits per heavy atom. The molecule has 0 aliphatic rings. The molecule has 0 aromatic carbocycles. The van der Waals surface area contributed by atoms with Gasteiger partial charge < -0.3 is 65.0 Å². The van der Waals surface area contributed by atoms with Gasteiger partial charge in [0.25, 0.3) is 0 Å². The summed E-state index contributed by atoms with van der Waals surface area (Å²) in [6.07, 6.45) is 2.30. The van der Waals surface area contributed by atoms with Gasteiger partial charge in [-0.3, -0.25) is 0 Å². The van der Waals surface area contributed by atoms with Crippen LogP contribution in [-0.2, 0) is 44.9 Å². The highest BCUT2D eigenvalue weighted by molar-refractivity contribution is 6.87. The first kappa shape index (κ1) is 63.8. The van der Waals surface area contributed by atoms with Gasteiger partial charge in [0.2, 0.25) is 0 Å². The summed E-state index contributed by atoms with van der Waals surface area (Å²) in [6, 6.07) is 2.06. The molecule has 0 heterocycles. The number of aliphatic hydroxyl groups is 3. The zero-order chi connectivity index (χ0) is 46.5.